The predicted molar refractivity (Wildman–Crippen MR) is 129 cm³/mol. The molecule has 9 heteroatoms. The summed E-state index contributed by atoms with van der Waals surface area (Å²) in [5, 5.41) is 2.94. The molecule has 0 aliphatic carbocycles. The number of nitrogens with one attached hydrogen (secondary N) is 1. The number of thioether (sulfide) groups is 1. The number of aromatic nitrogens is 2. The van der Waals surface area contributed by atoms with Crippen LogP contribution in [0.2, 0.25) is 0 Å². The molecule has 0 aliphatic heterocycles. The van der Waals surface area contributed by atoms with Crippen LogP contribution in [-0.2, 0) is 11.3 Å². The molecule has 3 aromatic rings. The second-order valence-corrected chi connectivity index (χ2v) is 8.93. The molecule has 0 saturated heterocycles. The number of benzene rings is 2. The second kappa shape index (κ2) is 11.4. The zero-order valence-corrected chi connectivity index (χ0v) is 19.8. The third-order valence-corrected chi connectivity index (χ3v) is 6.51. The Morgan fingerprint density at radius 2 is 1.88 bits per heavy atom. The highest BCUT2D eigenvalue weighted by Gasteiger charge is 2.20. The molecule has 176 valence electrons. The highest BCUT2D eigenvalue weighted by molar-refractivity contribution is 8.00. The van der Waals surface area contributed by atoms with Crippen LogP contribution in [0.1, 0.15) is 27.2 Å². The Bertz CT molecular complexity index is 1180. The molecule has 33 heavy (non-hydrogen) atoms. The first-order valence-electron chi connectivity index (χ1n) is 11.0. The van der Waals surface area contributed by atoms with Gasteiger partial charge in [0.1, 0.15) is 0 Å². The van der Waals surface area contributed by atoms with E-state index < -0.39 is 22.8 Å². The Morgan fingerprint density at radius 3 is 2.58 bits per heavy atom. The van der Waals surface area contributed by atoms with E-state index in [-0.39, 0.29) is 11.2 Å². The van der Waals surface area contributed by atoms with Gasteiger partial charge in [0.25, 0.3) is 5.56 Å². The quantitative estimate of drug-likeness (QED) is 0.346. The highest BCUT2D eigenvalue weighted by Crippen LogP contribution is 2.24. The SMILES string of the molecule is CCN(CC)CCCn1c(SC(C)C(=O)Nc2ccc(F)c(F)c2)nc2ccccc2c1=O. The van der Waals surface area contributed by atoms with Gasteiger partial charge in [0.2, 0.25) is 5.91 Å². The molecule has 1 unspecified atom stereocenters. The summed E-state index contributed by atoms with van der Waals surface area (Å²) < 4.78 is 28.2. The van der Waals surface area contributed by atoms with Crippen LogP contribution in [0, 0.1) is 11.6 Å². The monoisotopic (exact) mass is 474 g/mol. The van der Waals surface area contributed by atoms with E-state index in [0.29, 0.717) is 22.6 Å². The Labute approximate surface area is 196 Å². The van der Waals surface area contributed by atoms with Gasteiger partial charge in [-0.3, -0.25) is 14.2 Å². The van der Waals surface area contributed by atoms with Gasteiger partial charge in [0.05, 0.1) is 16.2 Å². The summed E-state index contributed by atoms with van der Waals surface area (Å²) in [6.45, 7) is 9.08. The van der Waals surface area contributed by atoms with E-state index in [2.05, 4.69) is 29.0 Å². The smallest absolute Gasteiger partial charge is 0.262 e. The number of carbonyl (C=O) groups is 1. The van der Waals surface area contributed by atoms with Crippen LogP contribution in [0.15, 0.2) is 52.4 Å². The maximum atomic E-state index is 13.5. The van der Waals surface area contributed by atoms with Crippen LogP contribution in [0.3, 0.4) is 0 Å². The van der Waals surface area contributed by atoms with Crippen LogP contribution in [0.5, 0.6) is 0 Å². The lowest BCUT2D eigenvalue weighted by Crippen LogP contribution is -2.29. The molecule has 0 fully saturated rings. The van der Waals surface area contributed by atoms with Crippen molar-refractivity contribution in [3.63, 3.8) is 0 Å². The van der Waals surface area contributed by atoms with Crippen LogP contribution >= 0.6 is 11.8 Å². The molecule has 3 rings (SSSR count). The molecular weight excluding hydrogens is 446 g/mol. The lowest BCUT2D eigenvalue weighted by Gasteiger charge is -2.20. The van der Waals surface area contributed by atoms with Crippen molar-refractivity contribution in [1.82, 2.24) is 14.5 Å². The fourth-order valence-corrected chi connectivity index (χ4v) is 4.39. The Hall–Kier alpha value is -2.78. The Kier molecular flexibility index (Phi) is 8.57. The maximum Gasteiger partial charge on any atom is 0.262 e. The second-order valence-electron chi connectivity index (χ2n) is 7.63. The van der Waals surface area contributed by atoms with E-state index in [9.17, 15) is 18.4 Å². The van der Waals surface area contributed by atoms with Gasteiger partial charge in [-0.15, -0.1) is 0 Å². The molecule has 1 N–H and O–H groups in total. The van der Waals surface area contributed by atoms with Gasteiger partial charge in [-0.05, 0) is 57.2 Å². The fraction of sp³-hybridized carbons (Fsp3) is 0.375. The number of halogens is 2. The maximum absolute atomic E-state index is 13.5. The van der Waals surface area contributed by atoms with Crippen LogP contribution in [-0.4, -0.2) is 45.2 Å². The summed E-state index contributed by atoms with van der Waals surface area (Å²) in [6, 6.07) is 10.3. The number of fused-ring (bicyclic) bond motifs is 1. The number of hydrogen-bond donors (Lipinski definition) is 1. The summed E-state index contributed by atoms with van der Waals surface area (Å²) in [5.41, 5.74) is 0.587. The van der Waals surface area contributed by atoms with Crippen LogP contribution in [0.4, 0.5) is 14.5 Å². The first-order valence-corrected chi connectivity index (χ1v) is 11.9. The van der Waals surface area contributed by atoms with E-state index in [1.165, 1.54) is 6.07 Å². The topological polar surface area (TPSA) is 67.2 Å². The van der Waals surface area contributed by atoms with Crippen molar-refractivity contribution in [3.8, 4) is 0 Å². The van der Waals surface area contributed by atoms with Crippen LogP contribution in [0.25, 0.3) is 10.9 Å². The van der Waals surface area contributed by atoms with E-state index in [0.717, 1.165) is 49.9 Å². The largest absolute Gasteiger partial charge is 0.325 e. The summed E-state index contributed by atoms with van der Waals surface area (Å²) in [6.07, 6.45) is 0.768. The number of hydrogen-bond acceptors (Lipinski definition) is 5. The van der Waals surface area contributed by atoms with Crippen LogP contribution < -0.4 is 10.9 Å². The average Bonchev–Trinajstić information content (AvgIpc) is 2.81. The van der Waals surface area contributed by atoms with Crippen molar-refractivity contribution in [3.05, 3.63) is 64.5 Å². The zero-order chi connectivity index (χ0) is 24.0. The van der Waals surface area contributed by atoms with Crippen molar-refractivity contribution in [2.75, 3.05) is 25.0 Å². The number of nitrogens with zero attached hydrogens (tertiary/aromatic N) is 3. The standard InChI is InChI=1S/C24H28F2N4O2S/c1-4-29(5-2)13-8-14-30-23(32)18-9-6-7-10-21(18)28-24(30)33-16(3)22(31)27-17-11-12-19(25)20(26)15-17/h6-7,9-12,15-16H,4-5,8,13-14H2,1-3H3,(H,27,31). The zero-order valence-electron chi connectivity index (χ0n) is 19.0. The molecule has 2 aromatic carbocycles. The first-order chi connectivity index (χ1) is 15.8. The lowest BCUT2D eigenvalue weighted by molar-refractivity contribution is -0.115. The Balaban J connectivity index is 1.82. The number of rotatable bonds is 10. The van der Waals surface area contributed by atoms with Gasteiger partial charge in [0, 0.05) is 18.3 Å². The molecular formula is C24H28F2N4O2S. The molecule has 1 amide bonds. The molecule has 1 aromatic heterocycles. The van der Waals surface area contributed by atoms with Crippen molar-refractivity contribution in [2.24, 2.45) is 0 Å². The molecule has 6 nitrogen and oxygen atoms in total. The van der Waals surface area contributed by atoms with Crippen molar-refractivity contribution >= 4 is 34.3 Å². The number of carbonyl (C=O) groups excluding carboxylic acids is 1. The van der Waals surface area contributed by atoms with E-state index in [4.69, 9.17) is 0 Å². The van der Waals surface area contributed by atoms with Gasteiger partial charge < -0.3 is 10.2 Å². The number of para-hydroxylation sites is 1. The summed E-state index contributed by atoms with van der Waals surface area (Å²) >= 11 is 1.16. The van der Waals surface area contributed by atoms with E-state index >= 15 is 0 Å². The van der Waals surface area contributed by atoms with E-state index in [1.807, 2.05) is 6.07 Å². The van der Waals surface area contributed by atoms with Crippen molar-refractivity contribution < 1.29 is 13.6 Å². The van der Waals surface area contributed by atoms with Gasteiger partial charge >= 0.3 is 0 Å². The van der Waals surface area contributed by atoms with Gasteiger partial charge in [0.15, 0.2) is 16.8 Å². The fourth-order valence-electron chi connectivity index (χ4n) is 3.46. The first kappa shape index (κ1) is 24.9. The van der Waals surface area contributed by atoms with Gasteiger partial charge in [-0.25, -0.2) is 13.8 Å². The van der Waals surface area contributed by atoms with Gasteiger partial charge in [-0.2, -0.15) is 0 Å². The van der Waals surface area contributed by atoms with Crippen molar-refractivity contribution in [2.45, 2.75) is 44.1 Å². The lowest BCUT2D eigenvalue weighted by atomic mass is 10.2. The number of anilines is 1. The molecule has 0 bridgehead atoms. The van der Waals surface area contributed by atoms with Gasteiger partial charge in [-0.1, -0.05) is 37.7 Å². The number of amides is 1. The normalized spacial score (nSPS) is 12.3. The minimum atomic E-state index is -1.04. The van der Waals surface area contributed by atoms with Crippen molar-refractivity contribution in [1.29, 1.82) is 0 Å². The van der Waals surface area contributed by atoms with E-state index in [1.54, 1.807) is 29.7 Å². The highest BCUT2D eigenvalue weighted by atomic mass is 32.2. The summed E-state index contributed by atoms with van der Waals surface area (Å²) in [4.78, 5) is 32.8. The third kappa shape index (κ3) is 6.17. The Morgan fingerprint density at radius 1 is 1.15 bits per heavy atom. The minimum Gasteiger partial charge on any atom is -0.325 e. The molecule has 0 aliphatic rings. The molecule has 0 spiro atoms. The summed E-state index contributed by atoms with van der Waals surface area (Å²) in [7, 11) is 0. The molecule has 1 heterocycles. The molecule has 0 radical (unpaired) electrons. The molecule has 1 atom stereocenters. The predicted octanol–water partition coefficient (Wildman–Crippen LogP) is 4.53. The molecule has 0 saturated carbocycles. The average molecular weight is 475 g/mol. The third-order valence-electron chi connectivity index (χ3n) is 5.42. The summed E-state index contributed by atoms with van der Waals surface area (Å²) in [5.74, 6) is -2.42. The minimum absolute atomic E-state index is 0.143.